The Morgan fingerprint density at radius 1 is 1.26 bits per heavy atom. The van der Waals surface area contributed by atoms with E-state index in [1.54, 1.807) is 35.0 Å². The number of methoxy groups -OCH3 is 1. The van der Waals surface area contributed by atoms with Crippen LogP contribution in [-0.4, -0.2) is 70.9 Å². The molecule has 2 aliphatic rings. The molecule has 35 heavy (non-hydrogen) atoms. The van der Waals surface area contributed by atoms with Crippen molar-refractivity contribution in [3.63, 3.8) is 0 Å². The van der Waals surface area contributed by atoms with Gasteiger partial charge in [-0.3, -0.25) is 24.0 Å². The Morgan fingerprint density at radius 2 is 2.11 bits per heavy atom. The average molecular weight is 479 g/mol. The van der Waals surface area contributed by atoms with Gasteiger partial charge in [-0.1, -0.05) is 0 Å². The van der Waals surface area contributed by atoms with Gasteiger partial charge >= 0.3 is 6.09 Å². The molecule has 3 amide bonds. The van der Waals surface area contributed by atoms with Crippen molar-refractivity contribution in [2.24, 2.45) is 4.99 Å². The van der Waals surface area contributed by atoms with Crippen molar-refractivity contribution in [1.29, 1.82) is 0 Å². The summed E-state index contributed by atoms with van der Waals surface area (Å²) in [6, 6.07) is 5.83. The molecule has 1 atom stereocenters. The summed E-state index contributed by atoms with van der Waals surface area (Å²) >= 11 is 0. The van der Waals surface area contributed by atoms with Gasteiger partial charge in [-0.2, -0.15) is 4.99 Å². The number of rotatable bonds is 5. The molecule has 3 aromatic rings. The molecule has 0 aliphatic carbocycles. The maximum Gasteiger partial charge on any atom is 0.413 e. The molecule has 0 bridgehead atoms. The van der Waals surface area contributed by atoms with Crippen LogP contribution in [0.5, 0.6) is 11.5 Å². The first-order chi connectivity index (χ1) is 17.0. The largest absolute Gasteiger partial charge is 0.491 e. The highest BCUT2D eigenvalue weighted by Crippen LogP contribution is 2.37. The van der Waals surface area contributed by atoms with Gasteiger partial charge < -0.3 is 20.1 Å². The van der Waals surface area contributed by atoms with Crippen LogP contribution in [0.15, 0.2) is 41.7 Å². The summed E-state index contributed by atoms with van der Waals surface area (Å²) in [4.78, 5) is 54.5. The zero-order valence-electron chi connectivity index (χ0n) is 18.8. The Hall–Kier alpha value is -4.52. The van der Waals surface area contributed by atoms with Crippen LogP contribution in [-0.2, 0) is 16.2 Å². The number of carbonyl (C=O) groups is 3. The van der Waals surface area contributed by atoms with Crippen LogP contribution < -0.4 is 25.7 Å². The average Bonchev–Trinajstić information content (AvgIpc) is 3.37. The van der Waals surface area contributed by atoms with E-state index in [0.717, 1.165) is 5.06 Å². The van der Waals surface area contributed by atoms with Crippen LogP contribution in [0.3, 0.4) is 0 Å². The number of aromatic nitrogens is 3. The topological polar surface area (TPSA) is 149 Å². The van der Waals surface area contributed by atoms with E-state index in [1.165, 1.54) is 20.4 Å². The summed E-state index contributed by atoms with van der Waals surface area (Å²) < 4.78 is 12.7. The van der Waals surface area contributed by atoms with E-state index >= 15 is 0 Å². The van der Waals surface area contributed by atoms with Crippen LogP contribution in [0, 0.1) is 0 Å². The van der Waals surface area contributed by atoms with E-state index in [4.69, 9.17) is 14.3 Å². The van der Waals surface area contributed by atoms with Gasteiger partial charge in [0.25, 0.3) is 11.8 Å². The number of pyridine rings is 1. The second-order valence-electron chi connectivity index (χ2n) is 7.66. The number of fused-ring (bicyclic) bond motifs is 3. The van der Waals surface area contributed by atoms with E-state index in [0.29, 0.717) is 35.4 Å². The Balaban J connectivity index is 1.51. The lowest BCUT2D eigenvalue weighted by Crippen LogP contribution is -2.63. The first kappa shape index (κ1) is 22.3. The minimum Gasteiger partial charge on any atom is -0.491 e. The van der Waals surface area contributed by atoms with Crippen molar-refractivity contribution in [3.05, 3.63) is 47.8 Å². The number of nitrogens with zero attached hydrogens (tertiary/aromatic N) is 5. The lowest BCUT2D eigenvalue weighted by Gasteiger charge is -2.35. The van der Waals surface area contributed by atoms with Gasteiger partial charge in [0.05, 0.1) is 26.3 Å². The molecule has 1 fully saturated rings. The highest BCUT2D eigenvalue weighted by molar-refractivity contribution is 5.97. The van der Waals surface area contributed by atoms with Gasteiger partial charge in [-0.25, -0.2) is 14.8 Å². The number of amides is 3. The molecular weight excluding hydrogens is 458 g/mol. The number of hydrogen-bond donors (Lipinski definition) is 2. The normalized spacial score (nSPS) is 17.0. The number of benzene rings is 1. The summed E-state index contributed by atoms with van der Waals surface area (Å²) in [7, 11) is 2.78. The van der Waals surface area contributed by atoms with Crippen LogP contribution in [0.4, 0.5) is 10.6 Å². The molecular formula is C22H21N7O6. The minimum atomic E-state index is -0.831. The van der Waals surface area contributed by atoms with Crippen molar-refractivity contribution in [3.8, 4) is 11.5 Å². The maximum absolute atomic E-state index is 12.7. The number of anilines is 1. The van der Waals surface area contributed by atoms with Crippen molar-refractivity contribution in [1.82, 2.24) is 24.9 Å². The number of hydrogen-bond acceptors (Lipinski definition) is 9. The molecule has 13 heteroatoms. The molecule has 0 unspecified atom stereocenters. The molecule has 180 valence electrons. The van der Waals surface area contributed by atoms with Crippen molar-refractivity contribution in [2.45, 2.75) is 12.6 Å². The van der Waals surface area contributed by atoms with Gasteiger partial charge in [0, 0.05) is 30.9 Å². The second-order valence-corrected chi connectivity index (χ2v) is 7.66. The molecule has 1 aromatic carbocycles. The van der Waals surface area contributed by atoms with Gasteiger partial charge in [0.2, 0.25) is 5.62 Å². The van der Waals surface area contributed by atoms with Crippen molar-refractivity contribution >= 4 is 34.6 Å². The number of β-lactam (4-membered cyclic amide) rings is 1. The van der Waals surface area contributed by atoms with Gasteiger partial charge in [-0.05, 0) is 24.3 Å². The fraction of sp³-hybridized carbons (Fsp3) is 0.273. The first-order valence-corrected chi connectivity index (χ1v) is 10.7. The third-order valence-corrected chi connectivity index (χ3v) is 5.62. The Kier molecular flexibility index (Phi) is 5.74. The summed E-state index contributed by atoms with van der Waals surface area (Å²) in [5.41, 5.74) is 0.848. The van der Waals surface area contributed by atoms with Crippen molar-refractivity contribution in [2.75, 3.05) is 32.6 Å². The van der Waals surface area contributed by atoms with E-state index in [2.05, 4.69) is 25.6 Å². The summed E-state index contributed by atoms with van der Waals surface area (Å²) in [6.45, 7) is 1.40. The molecule has 0 spiro atoms. The van der Waals surface area contributed by atoms with E-state index in [9.17, 15) is 14.4 Å². The Bertz CT molecular complexity index is 1400. The quantitative estimate of drug-likeness (QED) is 0.498. The third-order valence-electron chi connectivity index (χ3n) is 5.62. The number of nitrogens with one attached hydrogen (secondary N) is 2. The zero-order chi connectivity index (χ0) is 24.5. The predicted molar refractivity (Wildman–Crippen MR) is 121 cm³/mol. The molecule has 1 saturated heterocycles. The smallest absolute Gasteiger partial charge is 0.413 e. The fourth-order valence-electron chi connectivity index (χ4n) is 3.90. The molecule has 2 N–H and O–H groups in total. The Morgan fingerprint density at radius 3 is 2.83 bits per heavy atom. The zero-order valence-corrected chi connectivity index (χ0v) is 18.8. The molecule has 5 rings (SSSR count). The van der Waals surface area contributed by atoms with E-state index < -0.39 is 18.0 Å². The molecule has 13 nitrogen and oxygen atoms in total. The van der Waals surface area contributed by atoms with E-state index in [-0.39, 0.29) is 29.6 Å². The van der Waals surface area contributed by atoms with Crippen LogP contribution in [0.2, 0.25) is 0 Å². The van der Waals surface area contributed by atoms with Crippen LogP contribution >= 0.6 is 0 Å². The first-order valence-electron chi connectivity index (χ1n) is 10.7. The number of hydroxylamine groups is 2. The lowest BCUT2D eigenvalue weighted by molar-refractivity contribution is -0.202. The predicted octanol–water partition coefficient (Wildman–Crippen LogP) is 0.467. The molecule has 0 radical (unpaired) electrons. The van der Waals surface area contributed by atoms with Crippen molar-refractivity contribution < 1.29 is 28.7 Å². The third kappa shape index (κ3) is 4.01. The minimum absolute atomic E-state index is 0.0906. The molecule has 2 aromatic heterocycles. The second kappa shape index (κ2) is 9.02. The molecule has 4 heterocycles. The van der Waals surface area contributed by atoms with Gasteiger partial charge in [-0.15, -0.1) is 0 Å². The summed E-state index contributed by atoms with van der Waals surface area (Å²) in [5.74, 6) is 0.112. The van der Waals surface area contributed by atoms with Crippen LogP contribution in [0.25, 0.3) is 10.9 Å². The fourth-order valence-corrected chi connectivity index (χ4v) is 3.90. The standard InChI is InChI=1S/C22H21N7O6/c1-33-17-15(35-22(32)25-14-11-29(34-2)20(14)31)6-5-13-16(17)26-21(28-9-8-24-18(13)28)27-19(30)12-4-3-7-23-10-12/h3-7,10,14,24H,8-9,11H2,1-2H3,(H,25,32)/t14-/m0/s1. The highest BCUT2D eigenvalue weighted by atomic mass is 16.7. The number of ether oxygens (including phenoxy) is 2. The highest BCUT2D eigenvalue weighted by Gasteiger charge is 2.39. The van der Waals surface area contributed by atoms with Gasteiger partial charge in [0.15, 0.2) is 11.5 Å². The maximum atomic E-state index is 12.7. The Labute approximate surface area is 198 Å². The summed E-state index contributed by atoms with van der Waals surface area (Å²) in [6.07, 6.45) is 2.17. The van der Waals surface area contributed by atoms with Gasteiger partial charge in [0.1, 0.15) is 17.4 Å². The number of carbonyl (C=O) groups excluding carboxylic acids is 3. The lowest BCUT2D eigenvalue weighted by atomic mass is 10.1. The monoisotopic (exact) mass is 479 g/mol. The molecule has 2 aliphatic heterocycles. The summed E-state index contributed by atoms with van der Waals surface area (Å²) in [5, 5.41) is 7.57. The van der Waals surface area contributed by atoms with Crippen LogP contribution in [0.1, 0.15) is 10.4 Å². The van der Waals surface area contributed by atoms with E-state index in [1.807, 2.05) is 0 Å². The SMILES string of the molecule is COc1c(OC(=O)N[C@H]2CN(OC)C2=O)ccc2c3n(c(=NC(=O)c4cccnc4)nc12)CCN3. The molecule has 0 saturated carbocycles.